The van der Waals surface area contributed by atoms with Crippen LogP contribution in [0.25, 0.3) is 0 Å². The lowest BCUT2D eigenvalue weighted by atomic mass is 9.63. The van der Waals surface area contributed by atoms with Crippen molar-refractivity contribution in [2.75, 3.05) is 14.1 Å². The molecule has 0 aromatic heterocycles. The van der Waals surface area contributed by atoms with Crippen LogP contribution in [0.4, 0.5) is 0 Å². The van der Waals surface area contributed by atoms with Crippen LogP contribution in [-0.4, -0.2) is 45.0 Å². The lowest BCUT2D eigenvalue weighted by Gasteiger charge is -2.32. The Bertz CT molecular complexity index is 278. The summed E-state index contributed by atoms with van der Waals surface area (Å²) in [6, 6.07) is 1.14. The van der Waals surface area contributed by atoms with Crippen molar-refractivity contribution in [2.45, 2.75) is 50.1 Å². The number of hydrogen-bond donors (Lipinski definition) is 0. The van der Waals surface area contributed by atoms with Gasteiger partial charge in [-0.25, -0.2) is 4.99 Å². The minimum Gasteiger partial charge on any atom is -0.460 e. The molecule has 3 nitrogen and oxygen atoms in total. The molecule has 2 fully saturated rings. The monoisotopic (exact) mass is 206 g/mol. The predicted octanol–water partition coefficient (Wildman–Crippen LogP) is 1.59. The molecule has 1 saturated heterocycles. The molecule has 15 heavy (non-hydrogen) atoms. The average Bonchev–Trinajstić information content (AvgIpc) is 2.43. The van der Waals surface area contributed by atoms with E-state index in [9.17, 15) is 0 Å². The van der Waals surface area contributed by atoms with Crippen LogP contribution in [0.3, 0.4) is 0 Å². The maximum absolute atomic E-state index is 6.34. The molecule has 0 N–H and O–H groups in total. The summed E-state index contributed by atoms with van der Waals surface area (Å²) in [6.45, 7) is 2.10. The summed E-state index contributed by atoms with van der Waals surface area (Å²) >= 11 is 0. The number of rotatable bonds is 0. The molecular formula is C11H19BN2O. The van der Waals surface area contributed by atoms with Crippen LogP contribution in [-0.2, 0) is 4.74 Å². The third kappa shape index (κ3) is 1.74. The molecular weight excluding hydrogens is 187 g/mol. The van der Waals surface area contributed by atoms with E-state index in [1.807, 2.05) is 0 Å². The van der Waals surface area contributed by atoms with Crippen molar-refractivity contribution in [2.24, 2.45) is 4.99 Å². The zero-order valence-corrected chi connectivity index (χ0v) is 9.86. The molecule has 1 aliphatic heterocycles. The molecule has 0 aromatic rings. The number of amidine groups is 1. The molecule has 3 unspecified atom stereocenters. The largest absolute Gasteiger partial charge is 0.460 e. The maximum Gasteiger partial charge on any atom is 0.287 e. The molecule has 2 radical (unpaired) electrons. The Morgan fingerprint density at radius 2 is 2.27 bits per heavy atom. The SMILES string of the molecule is [B]C1(C)CCCCC2C1OC(=NC)N2C. The molecule has 0 spiro atoms. The van der Waals surface area contributed by atoms with E-state index in [-0.39, 0.29) is 11.4 Å². The molecule has 1 aliphatic carbocycles. The topological polar surface area (TPSA) is 24.8 Å². The van der Waals surface area contributed by atoms with E-state index in [2.05, 4.69) is 23.9 Å². The minimum absolute atomic E-state index is 0.101. The summed E-state index contributed by atoms with van der Waals surface area (Å²) in [6.07, 6.45) is 4.74. The Labute approximate surface area is 93.3 Å². The number of likely N-dealkylation sites (N-methyl/N-ethyl adjacent to an activating group) is 1. The summed E-state index contributed by atoms with van der Waals surface area (Å²) < 4.78 is 5.87. The zero-order valence-electron chi connectivity index (χ0n) is 9.86. The number of fused-ring (bicyclic) bond motifs is 1. The Morgan fingerprint density at radius 3 is 2.93 bits per heavy atom. The fraction of sp³-hybridized carbons (Fsp3) is 0.909. The lowest BCUT2D eigenvalue weighted by Crippen LogP contribution is -2.38. The summed E-state index contributed by atoms with van der Waals surface area (Å²) in [5.74, 6) is 0. The van der Waals surface area contributed by atoms with E-state index in [1.54, 1.807) is 7.05 Å². The summed E-state index contributed by atoms with van der Waals surface area (Å²) in [4.78, 5) is 6.29. The zero-order chi connectivity index (χ0) is 11.1. The highest BCUT2D eigenvalue weighted by Crippen LogP contribution is 2.44. The third-order valence-electron chi connectivity index (χ3n) is 3.69. The molecule has 2 rings (SSSR count). The van der Waals surface area contributed by atoms with Crippen molar-refractivity contribution in [1.29, 1.82) is 0 Å². The molecule has 0 aromatic carbocycles. The Morgan fingerprint density at radius 1 is 1.53 bits per heavy atom. The highest BCUT2D eigenvalue weighted by molar-refractivity contribution is 6.15. The van der Waals surface area contributed by atoms with E-state index < -0.39 is 0 Å². The smallest absolute Gasteiger partial charge is 0.287 e. The van der Waals surface area contributed by atoms with Gasteiger partial charge in [0.1, 0.15) is 6.10 Å². The first-order chi connectivity index (χ1) is 7.06. The highest BCUT2D eigenvalue weighted by Gasteiger charge is 2.46. The minimum atomic E-state index is -0.220. The van der Waals surface area contributed by atoms with Crippen LogP contribution in [0, 0.1) is 0 Å². The molecule has 2 aliphatic rings. The maximum atomic E-state index is 6.34. The van der Waals surface area contributed by atoms with Crippen molar-refractivity contribution >= 4 is 13.9 Å². The van der Waals surface area contributed by atoms with Gasteiger partial charge in [0.25, 0.3) is 6.02 Å². The predicted molar refractivity (Wildman–Crippen MR) is 62.4 cm³/mol. The Hall–Kier alpha value is -0.665. The molecule has 82 valence electrons. The average molecular weight is 206 g/mol. The highest BCUT2D eigenvalue weighted by atomic mass is 16.5. The number of nitrogens with zero attached hydrogens (tertiary/aromatic N) is 2. The van der Waals surface area contributed by atoms with E-state index in [0.29, 0.717) is 6.04 Å². The molecule has 0 amide bonds. The first kappa shape index (κ1) is 10.8. The van der Waals surface area contributed by atoms with Crippen LogP contribution in [0.15, 0.2) is 4.99 Å². The number of ether oxygens (including phenoxy) is 1. The summed E-state index contributed by atoms with van der Waals surface area (Å²) in [5.41, 5.74) is 0. The van der Waals surface area contributed by atoms with Crippen molar-refractivity contribution in [3.05, 3.63) is 0 Å². The number of aliphatic imine (C=N–C) groups is 1. The second kappa shape index (κ2) is 3.73. The van der Waals surface area contributed by atoms with Gasteiger partial charge in [0.05, 0.1) is 13.9 Å². The molecule has 4 heteroatoms. The fourth-order valence-corrected chi connectivity index (χ4v) is 2.75. The van der Waals surface area contributed by atoms with Gasteiger partial charge in [-0.1, -0.05) is 26.2 Å². The molecule has 3 atom stereocenters. The fourth-order valence-electron chi connectivity index (χ4n) is 2.75. The van der Waals surface area contributed by atoms with Crippen LogP contribution in [0.5, 0.6) is 0 Å². The van der Waals surface area contributed by atoms with Gasteiger partial charge in [-0.2, -0.15) is 0 Å². The van der Waals surface area contributed by atoms with Gasteiger partial charge >= 0.3 is 0 Å². The van der Waals surface area contributed by atoms with E-state index in [1.165, 1.54) is 12.8 Å². The summed E-state index contributed by atoms with van der Waals surface area (Å²) in [5, 5.41) is -0.220. The van der Waals surface area contributed by atoms with Crippen LogP contribution in [0.2, 0.25) is 5.31 Å². The van der Waals surface area contributed by atoms with Crippen LogP contribution >= 0.6 is 0 Å². The molecule has 1 saturated carbocycles. The van der Waals surface area contributed by atoms with Crippen molar-refractivity contribution in [1.82, 2.24) is 4.90 Å². The van der Waals surface area contributed by atoms with E-state index >= 15 is 0 Å². The Kier molecular flexibility index (Phi) is 2.69. The van der Waals surface area contributed by atoms with Crippen LogP contribution < -0.4 is 0 Å². The third-order valence-corrected chi connectivity index (χ3v) is 3.69. The van der Waals surface area contributed by atoms with Gasteiger partial charge in [0, 0.05) is 14.1 Å². The second-order valence-corrected chi connectivity index (χ2v) is 4.97. The van der Waals surface area contributed by atoms with E-state index in [0.717, 1.165) is 18.9 Å². The van der Waals surface area contributed by atoms with Gasteiger partial charge in [-0.15, -0.1) is 0 Å². The van der Waals surface area contributed by atoms with Crippen LogP contribution in [0.1, 0.15) is 32.6 Å². The Balaban J connectivity index is 2.26. The van der Waals surface area contributed by atoms with Gasteiger partial charge < -0.3 is 9.64 Å². The standard InChI is InChI=1S/C11H19BN2O/c1-11(12)7-5-4-6-8-9(11)15-10(13-2)14(8)3/h8-9H,4-7H2,1-3H3. The van der Waals surface area contributed by atoms with E-state index in [4.69, 9.17) is 12.6 Å². The quantitative estimate of drug-likeness (QED) is 0.562. The van der Waals surface area contributed by atoms with Crippen molar-refractivity contribution < 1.29 is 4.74 Å². The van der Waals surface area contributed by atoms with Crippen molar-refractivity contribution in [3.63, 3.8) is 0 Å². The van der Waals surface area contributed by atoms with Gasteiger partial charge in [0.15, 0.2) is 0 Å². The van der Waals surface area contributed by atoms with Gasteiger partial charge in [-0.05, 0) is 11.7 Å². The first-order valence-corrected chi connectivity index (χ1v) is 5.71. The normalized spacial score (nSPS) is 43.7. The second-order valence-electron chi connectivity index (χ2n) is 4.97. The number of hydrogen-bond acceptors (Lipinski definition) is 2. The van der Waals surface area contributed by atoms with Gasteiger partial charge in [-0.3, -0.25) is 0 Å². The first-order valence-electron chi connectivity index (χ1n) is 5.71. The molecule has 1 heterocycles. The van der Waals surface area contributed by atoms with Gasteiger partial charge in [0.2, 0.25) is 0 Å². The lowest BCUT2D eigenvalue weighted by molar-refractivity contribution is 0.142. The summed E-state index contributed by atoms with van der Waals surface area (Å²) in [7, 11) is 10.2. The van der Waals surface area contributed by atoms with Crippen molar-refractivity contribution in [3.8, 4) is 0 Å². The molecule has 0 bridgehead atoms.